The van der Waals surface area contributed by atoms with E-state index in [1.54, 1.807) is 0 Å². The van der Waals surface area contributed by atoms with E-state index in [4.69, 9.17) is 0 Å². The highest BCUT2D eigenvalue weighted by Gasteiger charge is 2.10. The third-order valence-corrected chi connectivity index (χ3v) is 3.24. The lowest BCUT2D eigenvalue weighted by molar-refractivity contribution is 0.198. The van der Waals surface area contributed by atoms with Gasteiger partial charge in [-0.15, -0.1) is 0 Å². The normalized spacial score (nSPS) is 13.3. The maximum Gasteiger partial charge on any atom is 0.00643 e. The van der Waals surface area contributed by atoms with Crippen molar-refractivity contribution in [3.05, 3.63) is 0 Å². The van der Waals surface area contributed by atoms with Crippen molar-refractivity contribution in [3.63, 3.8) is 0 Å². The molecular weight excluding hydrogens is 196 g/mol. The zero-order valence-electron chi connectivity index (χ0n) is 11.9. The van der Waals surface area contributed by atoms with Gasteiger partial charge in [-0.05, 0) is 58.8 Å². The van der Waals surface area contributed by atoms with E-state index >= 15 is 0 Å². The van der Waals surface area contributed by atoms with Gasteiger partial charge in [0, 0.05) is 6.04 Å². The van der Waals surface area contributed by atoms with Crippen molar-refractivity contribution in [2.75, 3.05) is 26.2 Å². The predicted molar refractivity (Wildman–Crippen MR) is 74.0 cm³/mol. The molecule has 0 radical (unpaired) electrons. The van der Waals surface area contributed by atoms with Crippen molar-refractivity contribution in [2.24, 2.45) is 0 Å². The summed E-state index contributed by atoms with van der Waals surface area (Å²) in [6.45, 7) is 14.0. The lowest BCUT2D eigenvalue weighted by Crippen LogP contribution is -2.35. The number of unbranched alkanes of at least 4 members (excludes halogenated alkanes) is 1. The van der Waals surface area contributed by atoms with Crippen LogP contribution in [0.1, 0.15) is 59.8 Å². The lowest BCUT2D eigenvalue weighted by Gasteiger charge is -2.28. The molecule has 0 saturated heterocycles. The molecule has 0 aliphatic heterocycles. The molecule has 0 aromatic carbocycles. The van der Waals surface area contributed by atoms with E-state index in [0.29, 0.717) is 0 Å². The van der Waals surface area contributed by atoms with Gasteiger partial charge in [-0.2, -0.15) is 0 Å². The Balaban J connectivity index is 3.65. The first-order chi connectivity index (χ1) is 7.76. The smallest absolute Gasteiger partial charge is 0.00643 e. The SMILES string of the molecule is CCCCN(CCCNCCC)C(C)CC. The molecule has 2 nitrogen and oxygen atoms in total. The molecule has 1 N–H and O–H groups in total. The highest BCUT2D eigenvalue weighted by atomic mass is 15.1. The minimum Gasteiger partial charge on any atom is -0.317 e. The summed E-state index contributed by atoms with van der Waals surface area (Å²) in [5.41, 5.74) is 0. The Morgan fingerprint density at radius 1 is 0.938 bits per heavy atom. The summed E-state index contributed by atoms with van der Waals surface area (Å²) in [6.07, 6.45) is 6.44. The maximum atomic E-state index is 3.48. The van der Waals surface area contributed by atoms with Crippen LogP contribution in [0.5, 0.6) is 0 Å². The van der Waals surface area contributed by atoms with E-state index in [2.05, 4.69) is 37.9 Å². The quantitative estimate of drug-likeness (QED) is 0.546. The zero-order valence-corrected chi connectivity index (χ0v) is 11.9. The van der Waals surface area contributed by atoms with Crippen molar-refractivity contribution in [1.29, 1.82) is 0 Å². The van der Waals surface area contributed by atoms with Gasteiger partial charge in [0.1, 0.15) is 0 Å². The minimum absolute atomic E-state index is 0.748. The van der Waals surface area contributed by atoms with Crippen LogP contribution in [0.3, 0.4) is 0 Å². The van der Waals surface area contributed by atoms with Crippen LogP contribution in [0, 0.1) is 0 Å². The van der Waals surface area contributed by atoms with Gasteiger partial charge in [0.2, 0.25) is 0 Å². The molecule has 2 heteroatoms. The van der Waals surface area contributed by atoms with Crippen LogP contribution in [-0.2, 0) is 0 Å². The summed E-state index contributed by atoms with van der Waals surface area (Å²) in [6, 6.07) is 0.748. The third-order valence-electron chi connectivity index (χ3n) is 3.24. The van der Waals surface area contributed by atoms with Crippen LogP contribution in [0.2, 0.25) is 0 Å². The molecule has 1 atom stereocenters. The fraction of sp³-hybridized carbons (Fsp3) is 1.00. The first-order valence-electron chi connectivity index (χ1n) is 7.20. The average molecular weight is 228 g/mol. The van der Waals surface area contributed by atoms with Gasteiger partial charge < -0.3 is 10.2 Å². The van der Waals surface area contributed by atoms with E-state index in [1.807, 2.05) is 0 Å². The standard InChI is InChI=1S/C14H32N2/c1-5-8-12-16(14(4)7-3)13-9-11-15-10-6-2/h14-15H,5-13H2,1-4H3. The van der Waals surface area contributed by atoms with E-state index < -0.39 is 0 Å². The predicted octanol–water partition coefficient (Wildman–Crippen LogP) is 3.28. The van der Waals surface area contributed by atoms with Crippen LogP contribution in [0.25, 0.3) is 0 Å². The number of rotatable bonds is 11. The molecule has 0 saturated carbocycles. The molecule has 0 aliphatic carbocycles. The van der Waals surface area contributed by atoms with Gasteiger partial charge in [0.15, 0.2) is 0 Å². The van der Waals surface area contributed by atoms with Crippen molar-refractivity contribution >= 4 is 0 Å². The number of hydrogen-bond donors (Lipinski definition) is 1. The molecule has 0 aliphatic rings. The van der Waals surface area contributed by atoms with Crippen LogP contribution >= 0.6 is 0 Å². The molecule has 0 rings (SSSR count). The molecule has 0 fully saturated rings. The Labute approximate surface area is 103 Å². The molecule has 0 bridgehead atoms. The molecule has 0 spiro atoms. The topological polar surface area (TPSA) is 15.3 Å². The van der Waals surface area contributed by atoms with Gasteiger partial charge in [-0.25, -0.2) is 0 Å². The summed E-state index contributed by atoms with van der Waals surface area (Å²) >= 11 is 0. The molecule has 0 amide bonds. The number of hydrogen-bond acceptors (Lipinski definition) is 2. The molecule has 98 valence electrons. The Morgan fingerprint density at radius 3 is 2.19 bits per heavy atom. The van der Waals surface area contributed by atoms with Crippen molar-refractivity contribution in [2.45, 2.75) is 65.8 Å². The van der Waals surface area contributed by atoms with Crippen LogP contribution in [-0.4, -0.2) is 37.1 Å². The van der Waals surface area contributed by atoms with E-state index in [0.717, 1.165) is 12.6 Å². The fourth-order valence-electron chi connectivity index (χ4n) is 1.88. The van der Waals surface area contributed by atoms with E-state index in [-0.39, 0.29) is 0 Å². The monoisotopic (exact) mass is 228 g/mol. The van der Waals surface area contributed by atoms with Gasteiger partial charge in [-0.3, -0.25) is 0 Å². The number of nitrogens with zero attached hydrogens (tertiary/aromatic N) is 1. The summed E-state index contributed by atoms with van der Waals surface area (Å²) in [4.78, 5) is 2.65. The van der Waals surface area contributed by atoms with Gasteiger partial charge in [0.05, 0.1) is 0 Å². The van der Waals surface area contributed by atoms with Crippen LogP contribution in [0.15, 0.2) is 0 Å². The van der Waals surface area contributed by atoms with Crippen LogP contribution < -0.4 is 5.32 Å². The largest absolute Gasteiger partial charge is 0.317 e. The lowest BCUT2D eigenvalue weighted by atomic mass is 10.2. The van der Waals surface area contributed by atoms with Gasteiger partial charge >= 0.3 is 0 Å². The Kier molecular flexibility index (Phi) is 11.3. The maximum absolute atomic E-state index is 3.48. The summed E-state index contributed by atoms with van der Waals surface area (Å²) in [5, 5.41) is 3.48. The molecule has 0 aromatic heterocycles. The molecule has 0 heterocycles. The van der Waals surface area contributed by atoms with Gasteiger partial charge in [0.25, 0.3) is 0 Å². The second-order valence-electron chi connectivity index (χ2n) is 4.75. The molecule has 0 aromatic rings. The Morgan fingerprint density at radius 2 is 1.62 bits per heavy atom. The van der Waals surface area contributed by atoms with Crippen LogP contribution in [0.4, 0.5) is 0 Å². The van der Waals surface area contributed by atoms with E-state index in [1.165, 1.54) is 51.7 Å². The second-order valence-corrected chi connectivity index (χ2v) is 4.75. The fourth-order valence-corrected chi connectivity index (χ4v) is 1.88. The first kappa shape index (κ1) is 15.9. The van der Waals surface area contributed by atoms with Crippen molar-refractivity contribution in [3.8, 4) is 0 Å². The summed E-state index contributed by atoms with van der Waals surface area (Å²) < 4.78 is 0. The second kappa shape index (κ2) is 11.4. The summed E-state index contributed by atoms with van der Waals surface area (Å²) in [5.74, 6) is 0. The first-order valence-corrected chi connectivity index (χ1v) is 7.20. The van der Waals surface area contributed by atoms with E-state index in [9.17, 15) is 0 Å². The molecule has 16 heavy (non-hydrogen) atoms. The van der Waals surface area contributed by atoms with Crippen molar-refractivity contribution in [1.82, 2.24) is 10.2 Å². The molecule has 1 unspecified atom stereocenters. The van der Waals surface area contributed by atoms with Gasteiger partial charge in [-0.1, -0.05) is 27.2 Å². The Bertz CT molecular complexity index is 137. The highest BCUT2D eigenvalue weighted by molar-refractivity contribution is 4.66. The van der Waals surface area contributed by atoms with Crippen molar-refractivity contribution < 1.29 is 0 Å². The Hall–Kier alpha value is -0.0800. The third kappa shape index (κ3) is 8.12. The number of nitrogens with one attached hydrogen (secondary N) is 1. The zero-order chi connectivity index (χ0) is 12.2. The molecular formula is C14H32N2. The highest BCUT2D eigenvalue weighted by Crippen LogP contribution is 2.06. The summed E-state index contributed by atoms with van der Waals surface area (Å²) in [7, 11) is 0. The average Bonchev–Trinajstić information content (AvgIpc) is 2.31. The minimum atomic E-state index is 0.748.